The molecule has 1 saturated carbocycles. The minimum Gasteiger partial charge on any atom is -0.465 e. The second-order valence-corrected chi connectivity index (χ2v) is 6.69. The predicted molar refractivity (Wildman–Crippen MR) is 91.8 cm³/mol. The molecule has 2 aliphatic rings. The van der Waals surface area contributed by atoms with Crippen molar-refractivity contribution in [1.82, 2.24) is 5.32 Å². The van der Waals surface area contributed by atoms with E-state index in [0.717, 1.165) is 31.6 Å². The highest BCUT2D eigenvalue weighted by molar-refractivity contribution is 5.89. The number of ether oxygens (including phenoxy) is 1. The Morgan fingerprint density at radius 3 is 2.65 bits per heavy atom. The van der Waals surface area contributed by atoms with Crippen LogP contribution in [0.3, 0.4) is 0 Å². The van der Waals surface area contributed by atoms with Gasteiger partial charge in [0, 0.05) is 36.9 Å². The van der Waals surface area contributed by atoms with Crippen LogP contribution in [0.2, 0.25) is 0 Å². The maximum absolute atomic E-state index is 11.5. The lowest BCUT2D eigenvalue weighted by Crippen LogP contribution is -2.51. The molecule has 0 amide bonds. The van der Waals surface area contributed by atoms with Gasteiger partial charge in [0.15, 0.2) is 0 Å². The van der Waals surface area contributed by atoms with Crippen molar-refractivity contribution in [3.63, 3.8) is 0 Å². The van der Waals surface area contributed by atoms with Crippen molar-refractivity contribution < 1.29 is 9.53 Å². The van der Waals surface area contributed by atoms with Crippen molar-refractivity contribution in [2.45, 2.75) is 50.2 Å². The minimum absolute atomic E-state index is 0.288. The van der Waals surface area contributed by atoms with Crippen LogP contribution in [0.15, 0.2) is 24.3 Å². The van der Waals surface area contributed by atoms with E-state index in [0.29, 0.717) is 23.7 Å². The second-order valence-electron chi connectivity index (χ2n) is 6.69. The van der Waals surface area contributed by atoms with E-state index in [1.807, 2.05) is 24.3 Å². The number of nitrogens with zero attached hydrogens (tertiary/aromatic N) is 1. The van der Waals surface area contributed by atoms with Gasteiger partial charge in [0.05, 0.1) is 12.7 Å². The highest BCUT2D eigenvalue weighted by Gasteiger charge is 2.28. The van der Waals surface area contributed by atoms with E-state index in [9.17, 15) is 4.79 Å². The minimum atomic E-state index is -0.288. The van der Waals surface area contributed by atoms with Gasteiger partial charge < -0.3 is 20.7 Å². The maximum atomic E-state index is 11.5. The fourth-order valence-corrected chi connectivity index (χ4v) is 3.73. The van der Waals surface area contributed by atoms with Crippen molar-refractivity contribution in [3.8, 4) is 0 Å². The van der Waals surface area contributed by atoms with Crippen LogP contribution < -0.4 is 16.0 Å². The molecule has 1 aromatic carbocycles. The number of rotatable bonds is 4. The number of nitrogens with one attached hydrogen (secondary N) is 1. The molecule has 3 rings (SSSR count). The SMILES string of the molecule is COC(=O)c1ccc(N2CCC(NC3CCCCC3N)C2)cc1. The zero-order chi connectivity index (χ0) is 16.2. The Labute approximate surface area is 138 Å². The van der Waals surface area contributed by atoms with Crippen molar-refractivity contribution in [2.24, 2.45) is 5.73 Å². The average Bonchev–Trinajstić information content (AvgIpc) is 3.05. The largest absolute Gasteiger partial charge is 0.465 e. The number of esters is 1. The van der Waals surface area contributed by atoms with Crippen LogP contribution in [0.4, 0.5) is 5.69 Å². The van der Waals surface area contributed by atoms with Gasteiger partial charge in [-0.2, -0.15) is 0 Å². The van der Waals surface area contributed by atoms with Crippen LogP contribution in [0.5, 0.6) is 0 Å². The van der Waals surface area contributed by atoms with E-state index in [2.05, 4.69) is 10.2 Å². The van der Waals surface area contributed by atoms with Crippen molar-refractivity contribution in [1.29, 1.82) is 0 Å². The number of benzene rings is 1. The van der Waals surface area contributed by atoms with E-state index in [1.54, 1.807) is 0 Å². The van der Waals surface area contributed by atoms with Gasteiger partial charge in [0.2, 0.25) is 0 Å². The smallest absolute Gasteiger partial charge is 0.337 e. The summed E-state index contributed by atoms with van der Waals surface area (Å²) < 4.78 is 4.74. The molecule has 3 N–H and O–H groups in total. The lowest BCUT2D eigenvalue weighted by molar-refractivity contribution is 0.0601. The fraction of sp³-hybridized carbons (Fsp3) is 0.611. The molecule has 23 heavy (non-hydrogen) atoms. The molecule has 0 bridgehead atoms. The summed E-state index contributed by atoms with van der Waals surface area (Å²) in [6.07, 6.45) is 6.04. The standard InChI is InChI=1S/C18H27N3O2/c1-23-18(22)13-6-8-15(9-7-13)21-11-10-14(12-21)20-17-5-3-2-4-16(17)19/h6-9,14,16-17,20H,2-5,10-12,19H2,1H3. The summed E-state index contributed by atoms with van der Waals surface area (Å²) in [5.74, 6) is -0.288. The van der Waals surface area contributed by atoms with Gasteiger partial charge in [0.1, 0.15) is 0 Å². The highest BCUT2D eigenvalue weighted by Crippen LogP contribution is 2.23. The van der Waals surface area contributed by atoms with Crippen LogP contribution in [0.1, 0.15) is 42.5 Å². The molecule has 126 valence electrons. The fourth-order valence-electron chi connectivity index (χ4n) is 3.73. The molecular weight excluding hydrogens is 290 g/mol. The van der Waals surface area contributed by atoms with Gasteiger partial charge in [0.25, 0.3) is 0 Å². The van der Waals surface area contributed by atoms with Crippen molar-refractivity contribution >= 4 is 11.7 Å². The third-order valence-corrected chi connectivity index (χ3v) is 5.11. The second kappa shape index (κ2) is 7.32. The molecule has 0 aromatic heterocycles. The number of anilines is 1. The summed E-state index contributed by atoms with van der Waals surface area (Å²) in [6.45, 7) is 2.04. The maximum Gasteiger partial charge on any atom is 0.337 e. The van der Waals surface area contributed by atoms with E-state index in [-0.39, 0.29) is 5.97 Å². The Balaban J connectivity index is 1.55. The van der Waals surface area contributed by atoms with Crippen LogP contribution in [0, 0.1) is 0 Å². The Morgan fingerprint density at radius 2 is 1.96 bits per heavy atom. The number of methoxy groups -OCH3 is 1. The summed E-state index contributed by atoms with van der Waals surface area (Å²) in [5, 5.41) is 3.77. The van der Waals surface area contributed by atoms with E-state index in [4.69, 9.17) is 10.5 Å². The number of carbonyl (C=O) groups is 1. The van der Waals surface area contributed by atoms with E-state index >= 15 is 0 Å². The monoisotopic (exact) mass is 317 g/mol. The number of carbonyl (C=O) groups excluding carboxylic acids is 1. The lowest BCUT2D eigenvalue weighted by atomic mass is 9.90. The van der Waals surface area contributed by atoms with Crippen LogP contribution >= 0.6 is 0 Å². The topological polar surface area (TPSA) is 67.6 Å². The lowest BCUT2D eigenvalue weighted by Gasteiger charge is -2.32. The van der Waals surface area contributed by atoms with Crippen LogP contribution in [0.25, 0.3) is 0 Å². The van der Waals surface area contributed by atoms with Gasteiger partial charge in [-0.1, -0.05) is 12.8 Å². The summed E-state index contributed by atoms with van der Waals surface area (Å²) in [6, 6.07) is 8.94. The summed E-state index contributed by atoms with van der Waals surface area (Å²) in [7, 11) is 1.41. The Bertz CT molecular complexity index is 532. The third kappa shape index (κ3) is 3.85. The van der Waals surface area contributed by atoms with Gasteiger partial charge in [-0.15, -0.1) is 0 Å². The van der Waals surface area contributed by atoms with Crippen molar-refractivity contribution in [3.05, 3.63) is 29.8 Å². The quantitative estimate of drug-likeness (QED) is 0.830. The molecule has 1 aliphatic heterocycles. The zero-order valence-corrected chi connectivity index (χ0v) is 13.8. The van der Waals surface area contributed by atoms with Crippen LogP contribution in [-0.2, 0) is 4.74 Å². The molecule has 5 heteroatoms. The average molecular weight is 317 g/mol. The molecule has 3 atom stereocenters. The molecular formula is C18H27N3O2. The Hall–Kier alpha value is -1.59. The molecule has 2 fully saturated rings. The van der Waals surface area contributed by atoms with Gasteiger partial charge in [-0.3, -0.25) is 0 Å². The zero-order valence-electron chi connectivity index (χ0n) is 13.8. The normalized spacial score (nSPS) is 27.9. The molecule has 1 saturated heterocycles. The first-order chi connectivity index (χ1) is 11.2. The molecule has 5 nitrogen and oxygen atoms in total. The third-order valence-electron chi connectivity index (χ3n) is 5.11. The summed E-state index contributed by atoms with van der Waals surface area (Å²) in [5.41, 5.74) is 8.00. The summed E-state index contributed by atoms with van der Waals surface area (Å²) >= 11 is 0. The first-order valence-electron chi connectivity index (χ1n) is 8.62. The van der Waals surface area contributed by atoms with Gasteiger partial charge in [-0.25, -0.2) is 4.79 Å². The summed E-state index contributed by atoms with van der Waals surface area (Å²) in [4.78, 5) is 13.9. The molecule has 1 aliphatic carbocycles. The first-order valence-corrected chi connectivity index (χ1v) is 8.62. The Morgan fingerprint density at radius 1 is 1.22 bits per heavy atom. The molecule has 1 heterocycles. The first kappa shape index (κ1) is 16.3. The molecule has 0 radical (unpaired) electrons. The van der Waals surface area contributed by atoms with E-state index < -0.39 is 0 Å². The number of hydrogen-bond donors (Lipinski definition) is 2. The Kier molecular flexibility index (Phi) is 5.18. The van der Waals surface area contributed by atoms with E-state index in [1.165, 1.54) is 26.4 Å². The molecule has 1 aromatic rings. The van der Waals surface area contributed by atoms with Gasteiger partial charge in [-0.05, 0) is 43.5 Å². The van der Waals surface area contributed by atoms with Crippen LogP contribution in [-0.4, -0.2) is 44.3 Å². The number of hydrogen-bond acceptors (Lipinski definition) is 5. The van der Waals surface area contributed by atoms with Gasteiger partial charge >= 0.3 is 5.97 Å². The predicted octanol–water partition coefficient (Wildman–Crippen LogP) is 1.91. The molecule has 0 spiro atoms. The highest BCUT2D eigenvalue weighted by atomic mass is 16.5. The molecule has 3 unspecified atom stereocenters. The van der Waals surface area contributed by atoms with Crippen molar-refractivity contribution in [2.75, 3.05) is 25.1 Å². The number of nitrogens with two attached hydrogens (primary N) is 1.